The lowest BCUT2D eigenvalue weighted by molar-refractivity contribution is 0.0866. The summed E-state index contributed by atoms with van der Waals surface area (Å²) < 4.78 is 1.15. The number of nitrogens with one attached hydrogen (secondary N) is 1. The first-order chi connectivity index (χ1) is 8.52. The Balaban J connectivity index is 2.04. The van der Waals surface area contributed by atoms with Crippen LogP contribution in [-0.2, 0) is 6.54 Å². The van der Waals surface area contributed by atoms with Gasteiger partial charge in [-0.15, -0.1) is 0 Å². The van der Waals surface area contributed by atoms with E-state index in [1.54, 1.807) is 0 Å². The molecular weight excluding hydrogens is 288 g/mol. The van der Waals surface area contributed by atoms with E-state index in [1.807, 2.05) is 0 Å². The number of benzene rings is 1. The highest BCUT2D eigenvalue weighted by Crippen LogP contribution is 2.21. The lowest BCUT2D eigenvalue weighted by Crippen LogP contribution is -2.61. The molecule has 1 fully saturated rings. The maximum absolute atomic E-state index is 3.67. The maximum atomic E-state index is 3.67. The molecule has 100 valence electrons. The summed E-state index contributed by atoms with van der Waals surface area (Å²) in [5.41, 5.74) is 1.66. The summed E-state index contributed by atoms with van der Waals surface area (Å²) in [6, 6.07) is 9.28. The minimum Gasteiger partial charge on any atom is -0.309 e. The molecule has 0 amide bonds. The molecule has 0 aliphatic carbocycles. The van der Waals surface area contributed by atoms with Gasteiger partial charge in [0.25, 0.3) is 0 Å². The Morgan fingerprint density at radius 3 is 2.67 bits per heavy atom. The van der Waals surface area contributed by atoms with Gasteiger partial charge in [-0.2, -0.15) is 0 Å². The Hall–Kier alpha value is -0.380. The van der Waals surface area contributed by atoms with Crippen molar-refractivity contribution in [2.24, 2.45) is 0 Å². The van der Waals surface area contributed by atoms with Crippen LogP contribution in [0.25, 0.3) is 0 Å². The first kappa shape index (κ1) is 14.0. The standard InChI is InChI=1S/C15H23BrN2/c1-4-15(3)11-18(12(2)9-17-15)10-13-5-7-14(16)8-6-13/h5-8,12,17H,4,9-11H2,1-3H3. The van der Waals surface area contributed by atoms with Gasteiger partial charge in [0, 0.05) is 35.7 Å². The van der Waals surface area contributed by atoms with E-state index in [9.17, 15) is 0 Å². The van der Waals surface area contributed by atoms with Crippen LogP contribution in [0.5, 0.6) is 0 Å². The van der Waals surface area contributed by atoms with Crippen LogP contribution < -0.4 is 5.32 Å². The molecule has 2 unspecified atom stereocenters. The van der Waals surface area contributed by atoms with Crippen molar-refractivity contribution in [2.75, 3.05) is 13.1 Å². The van der Waals surface area contributed by atoms with Gasteiger partial charge in [-0.3, -0.25) is 4.90 Å². The normalized spacial score (nSPS) is 29.4. The largest absolute Gasteiger partial charge is 0.309 e. The summed E-state index contributed by atoms with van der Waals surface area (Å²) in [6.45, 7) is 10.2. The molecule has 2 atom stereocenters. The molecule has 0 aromatic heterocycles. The fourth-order valence-corrected chi connectivity index (χ4v) is 2.72. The zero-order chi connectivity index (χ0) is 13.2. The number of piperazine rings is 1. The van der Waals surface area contributed by atoms with Crippen LogP contribution in [0.15, 0.2) is 28.7 Å². The van der Waals surface area contributed by atoms with E-state index >= 15 is 0 Å². The van der Waals surface area contributed by atoms with Crippen molar-refractivity contribution in [1.82, 2.24) is 10.2 Å². The summed E-state index contributed by atoms with van der Waals surface area (Å²) in [4.78, 5) is 2.59. The van der Waals surface area contributed by atoms with Crippen LogP contribution in [0.3, 0.4) is 0 Å². The van der Waals surface area contributed by atoms with Gasteiger partial charge in [0.1, 0.15) is 0 Å². The molecule has 2 rings (SSSR count). The molecule has 0 radical (unpaired) electrons. The Labute approximate surface area is 119 Å². The van der Waals surface area contributed by atoms with Crippen LogP contribution in [0.1, 0.15) is 32.8 Å². The van der Waals surface area contributed by atoms with Crippen LogP contribution in [0, 0.1) is 0 Å². The maximum Gasteiger partial charge on any atom is 0.0278 e. The van der Waals surface area contributed by atoms with Gasteiger partial charge < -0.3 is 5.32 Å². The first-order valence-corrected chi connectivity index (χ1v) is 7.55. The van der Waals surface area contributed by atoms with Crippen LogP contribution in [0.4, 0.5) is 0 Å². The number of hydrogen-bond donors (Lipinski definition) is 1. The number of nitrogens with zero attached hydrogens (tertiary/aromatic N) is 1. The van der Waals surface area contributed by atoms with E-state index in [4.69, 9.17) is 0 Å². The summed E-state index contributed by atoms with van der Waals surface area (Å²) >= 11 is 3.49. The molecular formula is C15H23BrN2. The molecule has 1 aromatic rings. The van der Waals surface area contributed by atoms with Crippen LogP contribution >= 0.6 is 15.9 Å². The SMILES string of the molecule is CCC1(C)CN(Cc2ccc(Br)cc2)C(C)CN1. The highest BCUT2D eigenvalue weighted by atomic mass is 79.9. The molecule has 0 bridgehead atoms. The minimum atomic E-state index is 0.266. The third-order valence-corrected chi connectivity index (χ3v) is 4.61. The van der Waals surface area contributed by atoms with Gasteiger partial charge in [0.2, 0.25) is 0 Å². The smallest absolute Gasteiger partial charge is 0.0278 e. The molecule has 1 aromatic carbocycles. The Kier molecular flexibility index (Phi) is 4.46. The van der Waals surface area contributed by atoms with E-state index in [2.05, 4.69) is 71.2 Å². The van der Waals surface area contributed by atoms with E-state index < -0.39 is 0 Å². The van der Waals surface area contributed by atoms with E-state index in [1.165, 1.54) is 12.0 Å². The van der Waals surface area contributed by atoms with Gasteiger partial charge in [-0.1, -0.05) is 35.0 Å². The summed E-state index contributed by atoms with van der Waals surface area (Å²) in [5, 5.41) is 3.67. The zero-order valence-electron chi connectivity index (χ0n) is 11.5. The molecule has 1 aliphatic heterocycles. The van der Waals surface area contributed by atoms with E-state index in [-0.39, 0.29) is 5.54 Å². The second-order valence-corrected chi connectivity index (χ2v) is 6.59. The van der Waals surface area contributed by atoms with Gasteiger partial charge in [0.15, 0.2) is 0 Å². The number of halogens is 1. The summed E-state index contributed by atoms with van der Waals surface area (Å²) in [5.74, 6) is 0. The van der Waals surface area contributed by atoms with Crippen molar-refractivity contribution in [3.05, 3.63) is 34.3 Å². The predicted octanol–water partition coefficient (Wildman–Crippen LogP) is 3.41. The van der Waals surface area contributed by atoms with Gasteiger partial charge in [-0.25, -0.2) is 0 Å². The average molecular weight is 311 g/mol. The zero-order valence-corrected chi connectivity index (χ0v) is 13.1. The average Bonchev–Trinajstić information content (AvgIpc) is 2.37. The molecule has 2 nitrogen and oxygen atoms in total. The lowest BCUT2D eigenvalue weighted by Gasteiger charge is -2.45. The summed E-state index contributed by atoms with van der Waals surface area (Å²) in [6.07, 6.45) is 1.18. The highest BCUT2D eigenvalue weighted by molar-refractivity contribution is 9.10. The second kappa shape index (κ2) is 5.72. The van der Waals surface area contributed by atoms with Crippen LogP contribution in [-0.4, -0.2) is 29.6 Å². The molecule has 3 heteroatoms. The number of rotatable bonds is 3. The molecule has 1 heterocycles. The topological polar surface area (TPSA) is 15.3 Å². The van der Waals surface area contributed by atoms with Gasteiger partial charge in [0.05, 0.1) is 0 Å². The Morgan fingerprint density at radius 2 is 2.06 bits per heavy atom. The van der Waals surface area contributed by atoms with Crippen molar-refractivity contribution in [3.63, 3.8) is 0 Å². The summed E-state index contributed by atoms with van der Waals surface area (Å²) in [7, 11) is 0. The molecule has 1 N–H and O–H groups in total. The first-order valence-electron chi connectivity index (χ1n) is 6.76. The molecule has 0 spiro atoms. The monoisotopic (exact) mass is 310 g/mol. The van der Waals surface area contributed by atoms with Gasteiger partial charge in [-0.05, 0) is 38.0 Å². The third kappa shape index (κ3) is 3.34. The third-order valence-electron chi connectivity index (χ3n) is 4.08. The van der Waals surface area contributed by atoms with E-state index in [0.29, 0.717) is 6.04 Å². The lowest BCUT2D eigenvalue weighted by atomic mass is 9.93. The van der Waals surface area contributed by atoms with E-state index in [0.717, 1.165) is 24.1 Å². The quantitative estimate of drug-likeness (QED) is 0.920. The minimum absolute atomic E-state index is 0.266. The van der Waals surface area contributed by atoms with Crippen molar-refractivity contribution in [3.8, 4) is 0 Å². The predicted molar refractivity (Wildman–Crippen MR) is 80.7 cm³/mol. The fraction of sp³-hybridized carbons (Fsp3) is 0.600. The number of hydrogen-bond acceptors (Lipinski definition) is 2. The second-order valence-electron chi connectivity index (χ2n) is 5.68. The molecule has 1 aliphatic rings. The van der Waals surface area contributed by atoms with Crippen molar-refractivity contribution in [2.45, 2.75) is 45.3 Å². The van der Waals surface area contributed by atoms with Gasteiger partial charge >= 0.3 is 0 Å². The van der Waals surface area contributed by atoms with Crippen molar-refractivity contribution in [1.29, 1.82) is 0 Å². The molecule has 1 saturated heterocycles. The molecule has 18 heavy (non-hydrogen) atoms. The van der Waals surface area contributed by atoms with Crippen molar-refractivity contribution < 1.29 is 0 Å². The molecule has 0 saturated carbocycles. The van der Waals surface area contributed by atoms with Crippen LogP contribution in [0.2, 0.25) is 0 Å². The van der Waals surface area contributed by atoms with Crippen molar-refractivity contribution >= 4 is 15.9 Å². The Morgan fingerprint density at radius 1 is 1.39 bits per heavy atom. The Bertz CT molecular complexity index is 390. The highest BCUT2D eigenvalue weighted by Gasteiger charge is 2.32. The fourth-order valence-electron chi connectivity index (χ4n) is 2.46.